The minimum absolute atomic E-state index is 0. The molecule has 0 aliphatic carbocycles. The van der Waals surface area contributed by atoms with Gasteiger partial charge < -0.3 is 24.8 Å². The van der Waals surface area contributed by atoms with Crippen molar-refractivity contribution in [3.8, 4) is 22.3 Å². The summed E-state index contributed by atoms with van der Waals surface area (Å²) >= 11 is 1.71. The number of benzene rings is 4. The Kier molecular flexibility index (Phi) is 15.8. The molecular formula is C38H34Cl2F2GeZr-2. The quantitative estimate of drug-likeness (QED) is 0.192. The third-order valence-corrected chi connectivity index (χ3v) is 18.3. The molecule has 0 saturated carbocycles. The molecule has 0 fully saturated rings. The summed E-state index contributed by atoms with van der Waals surface area (Å²) in [6.45, 7) is 8.20. The molecule has 0 heterocycles. The summed E-state index contributed by atoms with van der Waals surface area (Å²) in [6.07, 6.45) is 0. The zero-order chi connectivity index (χ0) is 30.1. The molecule has 44 heavy (non-hydrogen) atoms. The van der Waals surface area contributed by atoms with Crippen LogP contribution in [0, 0.1) is 39.3 Å². The van der Waals surface area contributed by atoms with E-state index in [1.807, 2.05) is 39.8 Å². The van der Waals surface area contributed by atoms with E-state index < -0.39 is 9.98 Å². The molecule has 0 atom stereocenters. The maximum atomic E-state index is 13.0. The van der Waals surface area contributed by atoms with Crippen molar-refractivity contribution in [3.63, 3.8) is 0 Å². The standard InChI is InChI=1S/2C13H12F.C12H10Ge.2ClH.Zr/c2*1-9-6-7-10(2)13(9)11-4-3-5-12(14)8-11;1-3-7-11(8-4-1)13-12-9-5-2-6-10-12;;;/h2*3-8H,1-2H3;1-10H;2*1H;/q2*-1;;;;+2/p-2. The molecular weight excluding hydrogens is 729 g/mol. The van der Waals surface area contributed by atoms with Gasteiger partial charge in [-0.25, -0.2) is 8.78 Å². The SMILES string of the molecule is Cc1ccc(C)[c-]1-c1cccc(F)c1.Cc1ccc(C)[c-]1-c1cccc(F)c1.[Cl-].[Cl-].[Zr+2]=[Ge]([c]1ccccc1)[c]1ccccc1. The molecule has 0 radical (unpaired) electrons. The molecule has 6 rings (SSSR count). The fourth-order valence-corrected chi connectivity index (χ4v) is 12.2. The first-order valence-corrected chi connectivity index (χ1v) is 23.4. The first-order valence-electron chi connectivity index (χ1n) is 13.9. The fourth-order valence-electron chi connectivity index (χ4n) is 5.03. The number of hydrogen-bond donors (Lipinski definition) is 0. The van der Waals surface area contributed by atoms with Crippen LogP contribution in [0.25, 0.3) is 22.3 Å². The van der Waals surface area contributed by atoms with Crippen LogP contribution in [0.5, 0.6) is 0 Å². The van der Waals surface area contributed by atoms with Crippen LogP contribution in [0.4, 0.5) is 8.78 Å². The van der Waals surface area contributed by atoms with Crippen LogP contribution in [-0.4, -0.2) is 9.98 Å². The van der Waals surface area contributed by atoms with E-state index in [9.17, 15) is 8.78 Å². The van der Waals surface area contributed by atoms with E-state index in [1.165, 1.54) is 34.4 Å². The molecule has 6 aromatic rings. The zero-order valence-electron chi connectivity index (χ0n) is 25.2. The van der Waals surface area contributed by atoms with Crippen LogP contribution in [0.3, 0.4) is 0 Å². The average molecular weight is 763 g/mol. The molecule has 0 aliphatic heterocycles. The fraction of sp³-hybridized carbons (Fsp3) is 0.105. The van der Waals surface area contributed by atoms with Gasteiger partial charge in [0.05, 0.1) is 11.6 Å². The van der Waals surface area contributed by atoms with Crippen LogP contribution < -0.4 is 33.6 Å². The number of hydrogen-bond acceptors (Lipinski definition) is 0. The molecule has 0 aliphatic rings. The second kappa shape index (κ2) is 18.4. The van der Waals surface area contributed by atoms with Gasteiger partial charge in [-0.15, -0.1) is 69.8 Å². The van der Waals surface area contributed by atoms with Crippen molar-refractivity contribution in [2.45, 2.75) is 27.7 Å². The minimum atomic E-state index is -1.11. The van der Waals surface area contributed by atoms with Crippen LogP contribution in [0.1, 0.15) is 22.3 Å². The van der Waals surface area contributed by atoms with Crippen molar-refractivity contribution < 1.29 is 55.2 Å². The van der Waals surface area contributed by atoms with Crippen molar-refractivity contribution in [3.05, 3.63) is 167 Å². The van der Waals surface area contributed by atoms with E-state index in [1.54, 1.807) is 54.7 Å². The van der Waals surface area contributed by atoms with Gasteiger partial charge in [-0.2, -0.15) is 0 Å². The Bertz CT molecular complexity index is 1590. The summed E-state index contributed by atoms with van der Waals surface area (Å²) in [5, 5.41) is 0. The van der Waals surface area contributed by atoms with Crippen molar-refractivity contribution in [2.24, 2.45) is 0 Å². The molecule has 6 heteroatoms. The van der Waals surface area contributed by atoms with E-state index in [-0.39, 0.29) is 36.4 Å². The van der Waals surface area contributed by atoms with Gasteiger partial charge in [0.15, 0.2) is 0 Å². The Morgan fingerprint density at radius 2 is 0.773 bits per heavy atom. The normalized spacial score (nSPS) is 9.82. The van der Waals surface area contributed by atoms with E-state index >= 15 is 0 Å². The predicted octanol–water partition coefficient (Wildman–Crippen LogP) is 3.00. The second-order valence-electron chi connectivity index (χ2n) is 10.3. The van der Waals surface area contributed by atoms with Crippen LogP contribution >= 0.6 is 0 Å². The monoisotopic (exact) mass is 762 g/mol. The van der Waals surface area contributed by atoms with Gasteiger partial charge >= 0.3 is 101 Å². The molecule has 6 aromatic carbocycles. The van der Waals surface area contributed by atoms with Gasteiger partial charge in [0.25, 0.3) is 0 Å². The van der Waals surface area contributed by atoms with Gasteiger partial charge in [0.2, 0.25) is 0 Å². The molecule has 224 valence electrons. The third kappa shape index (κ3) is 10.2. The molecule has 0 aromatic heterocycles. The Morgan fingerprint density at radius 1 is 0.455 bits per heavy atom. The molecule has 0 saturated heterocycles. The Labute approximate surface area is 289 Å². The average Bonchev–Trinajstić information content (AvgIpc) is 3.53. The molecule has 0 nitrogen and oxygen atoms in total. The van der Waals surface area contributed by atoms with Crippen molar-refractivity contribution in [1.29, 1.82) is 0 Å². The van der Waals surface area contributed by atoms with Crippen molar-refractivity contribution in [2.75, 3.05) is 0 Å². The number of halogens is 4. The predicted molar refractivity (Wildman–Crippen MR) is 172 cm³/mol. The van der Waals surface area contributed by atoms with Crippen molar-refractivity contribution in [1.82, 2.24) is 0 Å². The second-order valence-corrected chi connectivity index (χ2v) is 20.7. The van der Waals surface area contributed by atoms with Gasteiger partial charge in [-0.3, -0.25) is 0 Å². The summed E-state index contributed by atoms with van der Waals surface area (Å²) in [4.78, 5) is 0. The summed E-state index contributed by atoms with van der Waals surface area (Å²) < 4.78 is 29.2. The summed E-state index contributed by atoms with van der Waals surface area (Å²) in [6, 6.07) is 43.6. The van der Waals surface area contributed by atoms with Crippen molar-refractivity contribution >= 4 is 18.8 Å². The first-order chi connectivity index (χ1) is 20.2. The summed E-state index contributed by atoms with van der Waals surface area (Å²) in [7, 11) is -1.11. The van der Waals surface area contributed by atoms with Gasteiger partial charge in [0.1, 0.15) is 0 Å². The molecule has 0 N–H and O–H groups in total. The number of aryl methyl sites for hydroxylation is 4. The van der Waals surface area contributed by atoms with E-state index in [0.29, 0.717) is 0 Å². The third-order valence-electron chi connectivity index (χ3n) is 7.10. The molecule has 0 spiro atoms. The molecule has 0 unspecified atom stereocenters. The summed E-state index contributed by atoms with van der Waals surface area (Å²) in [5.74, 6) is -0.356. The topological polar surface area (TPSA) is 0 Å². The van der Waals surface area contributed by atoms with E-state index in [4.69, 9.17) is 0 Å². The van der Waals surface area contributed by atoms with Crippen LogP contribution in [0.2, 0.25) is 0 Å². The molecule has 0 bridgehead atoms. The first kappa shape index (κ1) is 37.6. The molecule has 0 amide bonds. The zero-order valence-corrected chi connectivity index (χ0v) is 31.3. The van der Waals surface area contributed by atoms with Gasteiger partial charge in [0, 0.05) is 0 Å². The number of rotatable bonds is 4. The Hall–Kier alpha value is -2.55. The van der Waals surface area contributed by atoms with Crippen LogP contribution in [-0.2, 0) is 21.6 Å². The summed E-state index contributed by atoms with van der Waals surface area (Å²) in [5.41, 5.74) is 9.05. The maximum absolute atomic E-state index is 13.0. The van der Waals surface area contributed by atoms with E-state index in [2.05, 4.69) is 84.9 Å². The van der Waals surface area contributed by atoms with Crippen LogP contribution in [0.15, 0.2) is 133 Å². The van der Waals surface area contributed by atoms with E-state index in [0.717, 1.165) is 22.3 Å². The Balaban J connectivity index is 0.000000225. The van der Waals surface area contributed by atoms with Gasteiger partial charge in [-0.05, 0) is 12.1 Å². The Morgan fingerprint density at radius 3 is 1.07 bits per heavy atom. The van der Waals surface area contributed by atoms with Gasteiger partial charge in [-0.1, -0.05) is 63.1 Å².